The van der Waals surface area contributed by atoms with Crippen LogP contribution in [0.3, 0.4) is 0 Å². The third kappa shape index (κ3) is 10.2. The Balaban J connectivity index is 3.57. The molecular weight excluding hydrogens is 267 g/mol. The number of amides is 1. The van der Waals surface area contributed by atoms with Crippen molar-refractivity contribution < 1.29 is 32.2 Å². The lowest BCUT2D eigenvalue weighted by Crippen LogP contribution is -2.37. The van der Waals surface area contributed by atoms with E-state index in [4.69, 9.17) is 9.47 Å². The maximum atomic E-state index is 11.8. The number of alkyl halides is 3. The maximum absolute atomic E-state index is 11.8. The summed E-state index contributed by atoms with van der Waals surface area (Å²) in [6.45, 7) is 4.94. The molecule has 0 bridgehead atoms. The van der Waals surface area contributed by atoms with Crippen molar-refractivity contribution in [3.63, 3.8) is 0 Å². The summed E-state index contributed by atoms with van der Waals surface area (Å²) in [4.78, 5) is 21.5. The van der Waals surface area contributed by atoms with Gasteiger partial charge in [-0.3, -0.25) is 4.79 Å². The number of hydrogen-bond acceptors (Lipinski definition) is 4. The second-order valence-corrected chi connectivity index (χ2v) is 4.77. The maximum Gasteiger partial charge on any atom is 0.508 e. The molecule has 0 aromatic rings. The van der Waals surface area contributed by atoms with Gasteiger partial charge in [-0.05, 0) is 33.6 Å². The fourth-order valence-corrected chi connectivity index (χ4v) is 0.964. The summed E-state index contributed by atoms with van der Waals surface area (Å²) in [5.74, 6) is -1.97. The van der Waals surface area contributed by atoms with Gasteiger partial charge >= 0.3 is 18.2 Å². The van der Waals surface area contributed by atoms with E-state index in [1.165, 1.54) is 0 Å². The van der Waals surface area contributed by atoms with E-state index < -0.39 is 23.8 Å². The number of unbranched alkanes of at least 4 members (excludes halogenated alkanes) is 1. The van der Waals surface area contributed by atoms with E-state index in [0.717, 1.165) is 0 Å². The monoisotopic (exact) mass is 285 g/mol. The van der Waals surface area contributed by atoms with Crippen LogP contribution in [0.5, 0.6) is 0 Å². The number of rotatable bonds is 5. The van der Waals surface area contributed by atoms with Crippen molar-refractivity contribution >= 4 is 12.1 Å². The summed E-state index contributed by atoms with van der Waals surface area (Å²) in [6.07, 6.45) is -5.10. The van der Waals surface area contributed by atoms with Crippen molar-refractivity contribution in [3.8, 4) is 0 Å². The molecule has 5 nitrogen and oxygen atoms in total. The summed E-state index contributed by atoms with van der Waals surface area (Å²) >= 11 is 0. The zero-order valence-electron chi connectivity index (χ0n) is 11.1. The molecular formula is C11H18F3NO4. The predicted octanol–water partition coefficient (Wildman–Crippen LogP) is 2.40. The first kappa shape index (κ1) is 17.5. The Kier molecular flexibility index (Phi) is 6.64. The minimum atomic E-state index is -4.87. The van der Waals surface area contributed by atoms with E-state index in [1.807, 2.05) is 0 Å². The molecule has 0 aromatic heterocycles. The number of carbonyl (C=O) groups is 2. The lowest BCUT2D eigenvalue weighted by atomic mass is 10.2. The van der Waals surface area contributed by atoms with Crippen LogP contribution in [0.25, 0.3) is 0 Å². The van der Waals surface area contributed by atoms with Gasteiger partial charge in [-0.2, -0.15) is 13.2 Å². The number of carbonyl (C=O) groups excluding carboxylic acids is 2. The Labute approximate surface area is 109 Å². The van der Waals surface area contributed by atoms with Crippen LogP contribution in [0.15, 0.2) is 0 Å². The van der Waals surface area contributed by atoms with E-state index >= 15 is 0 Å². The van der Waals surface area contributed by atoms with Crippen molar-refractivity contribution in [2.45, 2.75) is 45.4 Å². The van der Waals surface area contributed by atoms with Crippen molar-refractivity contribution in [2.75, 3.05) is 13.2 Å². The number of ether oxygens (including phenoxy) is 2. The molecule has 0 radical (unpaired) electrons. The normalized spacial score (nSPS) is 11.9. The standard InChI is InChI=1S/C11H18F3NO4/c1-10(2,3)19-9(17)18-7-5-4-6-15-8(16)11(12,13)14/h4-7H2,1-3H3,(H,15,16). The molecule has 8 heteroatoms. The average molecular weight is 285 g/mol. The zero-order chi connectivity index (χ0) is 15.1. The molecule has 0 saturated carbocycles. The van der Waals surface area contributed by atoms with Crippen LogP contribution < -0.4 is 5.32 Å². The van der Waals surface area contributed by atoms with Gasteiger partial charge in [0, 0.05) is 6.54 Å². The average Bonchev–Trinajstić information content (AvgIpc) is 2.18. The molecule has 0 saturated heterocycles. The lowest BCUT2D eigenvalue weighted by Gasteiger charge is -2.18. The highest BCUT2D eigenvalue weighted by Gasteiger charge is 2.38. The van der Waals surface area contributed by atoms with Crippen molar-refractivity contribution in [1.82, 2.24) is 5.32 Å². The first-order valence-electron chi connectivity index (χ1n) is 5.73. The first-order valence-corrected chi connectivity index (χ1v) is 5.73. The van der Waals surface area contributed by atoms with Gasteiger partial charge in [0.25, 0.3) is 0 Å². The molecule has 0 aliphatic rings. The summed E-state index contributed by atoms with van der Waals surface area (Å²) in [7, 11) is 0. The van der Waals surface area contributed by atoms with Gasteiger partial charge in [0.2, 0.25) is 0 Å². The topological polar surface area (TPSA) is 64.6 Å². The molecule has 0 fully saturated rings. The second-order valence-electron chi connectivity index (χ2n) is 4.77. The Morgan fingerprint density at radius 2 is 1.68 bits per heavy atom. The molecule has 0 aliphatic carbocycles. The number of halogens is 3. The van der Waals surface area contributed by atoms with Gasteiger partial charge in [-0.25, -0.2) is 4.79 Å². The molecule has 0 aliphatic heterocycles. The van der Waals surface area contributed by atoms with Gasteiger partial charge in [-0.15, -0.1) is 0 Å². The zero-order valence-corrected chi connectivity index (χ0v) is 11.1. The fourth-order valence-electron chi connectivity index (χ4n) is 0.964. The van der Waals surface area contributed by atoms with Crippen molar-refractivity contribution in [2.24, 2.45) is 0 Å². The Morgan fingerprint density at radius 1 is 1.11 bits per heavy atom. The third-order valence-corrected chi connectivity index (χ3v) is 1.72. The van der Waals surface area contributed by atoms with Gasteiger partial charge in [0.1, 0.15) is 5.60 Å². The molecule has 1 N–H and O–H groups in total. The molecule has 0 aromatic carbocycles. The molecule has 0 rings (SSSR count). The highest BCUT2D eigenvalue weighted by molar-refractivity contribution is 5.81. The molecule has 0 spiro atoms. The minimum Gasteiger partial charge on any atom is -0.434 e. The molecule has 0 atom stereocenters. The Bertz CT molecular complexity index is 310. The molecule has 0 heterocycles. The summed E-state index contributed by atoms with van der Waals surface area (Å²) in [6, 6.07) is 0. The van der Waals surface area contributed by atoms with Crippen molar-refractivity contribution in [3.05, 3.63) is 0 Å². The van der Waals surface area contributed by atoms with E-state index in [-0.39, 0.29) is 19.6 Å². The molecule has 112 valence electrons. The quantitative estimate of drug-likeness (QED) is 0.622. The van der Waals surface area contributed by atoms with Crippen LogP contribution in [-0.4, -0.2) is 37.0 Å². The van der Waals surface area contributed by atoms with Crippen LogP contribution in [0, 0.1) is 0 Å². The van der Waals surface area contributed by atoms with E-state index in [1.54, 1.807) is 26.1 Å². The summed E-state index contributed by atoms with van der Waals surface area (Å²) < 4.78 is 44.9. The van der Waals surface area contributed by atoms with Crippen LogP contribution >= 0.6 is 0 Å². The Morgan fingerprint density at radius 3 is 2.16 bits per heavy atom. The van der Waals surface area contributed by atoms with Gasteiger partial charge < -0.3 is 14.8 Å². The first-order chi connectivity index (χ1) is 8.52. The Hall–Kier alpha value is -1.47. The molecule has 0 unspecified atom stereocenters. The van der Waals surface area contributed by atoms with Crippen LogP contribution in [0.2, 0.25) is 0 Å². The lowest BCUT2D eigenvalue weighted by molar-refractivity contribution is -0.173. The summed E-state index contributed by atoms with van der Waals surface area (Å²) in [5, 5.41) is 1.71. The van der Waals surface area contributed by atoms with Gasteiger partial charge in [0.05, 0.1) is 6.61 Å². The van der Waals surface area contributed by atoms with Crippen LogP contribution in [0.4, 0.5) is 18.0 Å². The van der Waals surface area contributed by atoms with E-state index in [2.05, 4.69) is 0 Å². The third-order valence-electron chi connectivity index (χ3n) is 1.72. The fraction of sp³-hybridized carbons (Fsp3) is 0.818. The highest BCUT2D eigenvalue weighted by atomic mass is 19.4. The van der Waals surface area contributed by atoms with Crippen LogP contribution in [0.1, 0.15) is 33.6 Å². The van der Waals surface area contributed by atoms with Crippen molar-refractivity contribution in [1.29, 1.82) is 0 Å². The highest BCUT2D eigenvalue weighted by Crippen LogP contribution is 2.14. The van der Waals surface area contributed by atoms with Crippen LogP contribution in [-0.2, 0) is 14.3 Å². The minimum absolute atomic E-state index is 0.0246. The van der Waals surface area contributed by atoms with Gasteiger partial charge in [-0.1, -0.05) is 0 Å². The predicted molar refractivity (Wildman–Crippen MR) is 60.5 cm³/mol. The van der Waals surface area contributed by atoms with E-state index in [0.29, 0.717) is 6.42 Å². The molecule has 1 amide bonds. The summed E-state index contributed by atoms with van der Waals surface area (Å²) in [5.41, 5.74) is -0.655. The second kappa shape index (κ2) is 7.20. The smallest absolute Gasteiger partial charge is 0.434 e. The molecule has 19 heavy (non-hydrogen) atoms. The largest absolute Gasteiger partial charge is 0.508 e. The van der Waals surface area contributed by atoms with E-state index in [9.17, 15) is 22.8 Å². The SMILES string of the molecule is CC(C)(C)OC(=O)OCCCCNC(=O)C(F)(F)F. The number of hydrogen-bond donors (Lipinski definition) is 1. The van der Waals surface area contributed by atoms with Gasteiger partial charge in [0.15, 0.2) is 0 Å². The number of nitrogens with one attached hydrogen (secondary N) is 1.